The largest absolute Gasteiger partial charge is 0.493 e. The van der Waals surface area contributed by atoms with Crippen LogP contribution >= 0.6 is 11.6 Å². The smallest absolute Gasteiger partial charge is 0.329 e. The van der Waals surface area contributed by atoms with Gasteiger partial charge in [-0.2, -0.15) is 0 Å². The minimum absolute atomic E-state index is 0.202. The fourth-order valence-electron chi connectivity index (χ4n) is 10.4. The van der Waals surface area contributed by atoms with Crippen LogP contribution in [0.4, 0.5) is 5.69 Å². The summed E-state index contributed by atoms with van der Waals surface area (Å²) in [5.74, 6) is 3.04. The van der Waals surface area contributed by atoms with Crippen LogP contribution in [0.1, 0.15) is 99.9 Å². The third kappa shape index (κ3) is 9.56. The van der Waals surface area contributed by atoms with Gasteiger partial charge in [0.25, 0.3) is 0 Å². The van der Waals surface area contributed by atoms with Crippen molar-refractivity contribution in [3.8, 4) is 17.2 Å². The van der Waals surface area contributed by atoms with Crippen LogP contribution in [-0.4, -0.2) is 93.4 Å². The quantitative estimate of drug-likeness (QED) is 0.121. The van der Waals surface area contributed by atoms with Crippen molar-refractivity contribution in [2.45, 2.75) is 101 Å². The molecule has 0 amide bonds. The first-order valence-electron chi connectivity index (χ1n) is 21.6. The van der Waals surface area contributed by atoms with Crippen LogP contribution in [0.15, 0.2) is 48.7 Å². The maximum Gasteiger partial charge on any atom is 0.329 e. The number of hydrogen-bond acceptors (Lipinski definition) is 9. The van der Waals surface area contributed by atoms with Crippen LogP contribution in [0.25, 0.3) is 0 Å². The number of halogens is 1. The highest BCUT2D eigenvalue weighted by molar-refractivity contribution is 6.30. The number of nitrogens with zero attached hydrogens (tertiary/aromatic N) is 2. The Hall–Kier alpha value is -3.57. The summed E-state index contributed by atoms with van der Waals surface area (Å²) in [6.07, 6.45) is 11.6. The molecule has 1 saturated carbocycles. The van der Waals surface area contributed by atoms with Gasteiger partial charge in [-0.3, -0.25) is 4.98 Å². The Kier molecular flexibility index (Phi) is 14.1. The first-order chi connectivity index (χ1) is 28.1. The third-order valence-corrected chi connectivity index (χ3v) is 13.7. The van der Waals surface area contributed by atoms with Crippen molar-refractivity contribution in [2.75, 3.05) is 72.2 Å². The number of fused-ring (bicyclic) bond motifs is 4. The highest BCUT2D eigenvalue weighted by Gasteiger charge is 2.54. The van der Waals surface area contributed by atoms with E-state index in [0.29, 0.717) is 49.5 Å². The second-order valence-electron chi connectivity index (χ2n) is 17.6. The molecule has 316 valence electrons. The lowest BCUT2D eigenvalue weighted by Gasteiger charge is -2.47. The van der Waals surface area contributed by atoms with E-state index >= 15 is 0 Å². The molecule has 7 rings (SSSR count). The van der Waals surface area contributed by atoms with E-state index < -0.39 is 11.5 Å². The molecule has 4 aliphatic rings. The maximum absolute atomic E-state index is 13.1. The molecule has 2 N–H and O–H groups in total. The number of nitrogens with one attached hydrogen (secondary N) is 1. The Balaban J connectivity index is 1.11. The zero-order chi connectivity index (χ0) is 40.7. The van der Waals surface area contributed by atoms with Gasteiger partial charge in [-0.1, -0.05) is 31.5 Å². The van der Waals surface area contributed by atoms with Gasteiger partial charge < -0.3 is 39.0 Å². The summed E-state index contributed by atoms with van der Waals surface area (Å²) >= 11 is 6.34. The Morgan fingerprint density at radius 1 is 1.03 bits per heavy atom. The molecule has 58 heavy (non-hydrogen) atoms. The number of carboxylic acid groups (broad SMARTS) is 1. The van der Waals surface area contributed by atoms with E-state index in [9.17, 15) is 9.90 Å². The minimum atomic E-state index is -1.09. The normalized spacial score (nSPS) is 25.5. The lowest BCUT2D eigenvalue weighted by Crippen LogP contribution is -2.53. The van der Waals surface area contributed by atoms with E-state index in [1.165, 1.54) is 28.8 Å². The van der Waals surface area contributed by atoms with E-state index in [-0.39, 0.29) is 17.3 Å². The Morgan fingerprint density at radius 2 is 1.76 bits per heavy atom. The van der Waals surface area contributed by atoms with E-state index in [2.05, 4.69) is 36.2 Å². The number of anilines is 1. The molecule has 0 bridgehead atoms. The van der Waals surface area contributed by atoms with Gasteiger partial charge in [0.05, 0.1) is 19.8 Å². The monoisotopic (exact) mass is 817 g/mol. The van der Waals surface area contributed by atoms with Gasteiger partial charge in [-0.05, 0) is 141 Å². The predicted molar refractivity (Wildman–Crippen MR) is 228 cm³/mol. The zero-order valence-electron chi connectivity index (χ0n) is 35.0. The van der Waals surface area contributed by atoms with Crippen LogP contribution in [0.3, 0.4) is 0 Å². The van der Waals surface area contributed by atoms with Crippen LogP contribution in [-0.2, 0) is 32.5 Å². The number of benzene rings is 2. The van der Waals surface area contributed by atoms with Crippen molar-refractivity contribution in [1.29, 1.82) is 0 Å². The zero-order valence-corrected chi connectivity index (χ0v) is 35.8. The number of methoxy groups -OCH3 is 2. The van der Waals surface area contributed by atoms with E-state index in [1.807, 2.05) is 36.5 Å². The summed E-state index contributed by atoms with van der Waals surface area (Å²) < 4.78 is 30.6. The van der Waals surface area contributed by atoms with E-state index in [0.717, 1.165) is 107 Å². The molecular weight excluding hydrogens is 754 g/mol. The molecular formula is C47H64ClN3O7. The standard InChI is InChI=1S/C47H64ClN3O7/c1-32(29-56-41-13-18-49-40-12-5-9-33(2)44(40)41)23-36-24-35-25-42-43(58-31-34(30-57-42)28-51(19-7-21-54-3)20-8-22-55-4)27-39(35)46(36)14-16-47(17-15-46,45(52)53)50-38-11-6-10-37(48)26-38/h6,10-11,13,18,25-27,32-34,36,50H,5,7-9,12,14-17,19-24,28-31H2,1-4H3,(H,52,53)/t32-,33-,34?,36?,46?,47?/m1/s1. The summed E-state index contributed by atoms with van der Waals surface area (Å²) in [6.45, 7) is 10.6. The molecule has 3 aliphatic carbocycles. The average Bonchev–Trinajstić information content (AvgIpc) is 3.33. The van der Waals surface area contributed by atoms with Gasteiger partial charge >= 0.3 is 5.97 Å². The number of carboxylic acids is 1. The van der Waals surface area contributed by atoms with Gasteiger partial charge in [0.2, 0.25) is 0 Å². The molecule has 4 atom stereocenters. The molecule has 1 aromatic heterocycles. The molecule has 10 nitrogen and oxygen atoms in total. The number of aliphatic carboxylic acids is 1. The lowest BCUT2D eigenvalue weighted by atomic mass is 9.59. The summed E-state index contributed by atoms with van der Waals surface area (Å²) in [4.78, 5) is 20.3. The highest BCUT2D eigenvalue weighted by Crippen LogP contribution is 2.58. The molecule has 3 aromatic rings. The molecule has 1 aliphatic heterocycles. The number of carbonyl (C=O) groups is 1. The molecule has 1 fully saturated rings. The van der Waals surface area contributed by atoms with Crippen molar-refractivity contribution in [3.05, 3.63) is 76.1 Å². The topological polar surface area (TPSA) is 112 Å². The van der Waals surface area contributed by atoms with Crippen molar-refractivity contribution in [3.63, 3.8) is 0 Å². The molecule has 1 spiro atoms. The SMILES string of the molecule is COCCCN(CCCOC)CC1COc2cc3c(cc2OC1)C1(CCC(Nc2cccc(Cl)c2)(C(=O)O)CC1)C(C[C@@H](C)COc1ccnc2c1[C@H](C)CCC2)C3. The molecule has 2 heterocycles. The maximum atomic E-state index is 13.1. The molecule has 0 saturated heterocycles. The fourth-order valence-corrected chi connectivity index (χ4v) is 10.6. The molecule has 2 unspecified atom stereocenters. The summed E-state index contributed by atoms with van der Waals surface area (Å²) in [6, 6.07) is 13.9. The first-order valence-corrected chi connectivity index (χ1v) is 22.0. The van der Waals surface area contributed by atoms with Gasteiger partial charge in [0.15, 0.2) is 11.5 Å². The summed E-state index contributed by atoms with van der Waals surface area (Å²) in [7, 11) is 3.50. The lowest BCUT2D eigenvalue weighted by molar-refractivity contribution is -0.144. The minimum Gasteiger partial charge on any atom is -0.493 e. The Labute approximate surface area is 350 Å². The van der Waals surface area contributed by atoms with Gasteiger partial charge in [0, 0.05) is 81.1 Å². The second kappa shape index (κ2) is 19.2. The fraction of sp³-hybridized carbons (Fsp3) is 0.617. The number of aromatic nitrogens is 1. The van der Waals surface area contributed by atoms with Gasteiger partial charge in [0.1, 0.15) is 11.3 Å². The van der Waals surface area contributed by atoms with Crippen LogP contribution < -0.4 is 19.5 Å². The average molecular weight is 818 g/mol. The van der Waals surface area contributed by atoms with Crippen LogP contribution in [0, 0.1) is 17.8 Å². The van der Waals surface area contributed by atoms with Crippen LogP contribution in [0.2, 0.25) is 5.02 Å². The molecule has 2 aromatic carbocycles. The molecule has 0 radical (unpaired) electrons. The Bertz CT molecular complexity index is 1840. The van der Waals surface area contributed by atoms with Gasteiger partial charge in [-0.25, -0.2) is 4.79 Å². The summed E-state index contributed by atoms with van der Waals surface area (Å²) in [5.41, 5.74) is 4.49. The number of aryl methyl sites for hydroxylation is 1. The van der Waals surface area contributed by atoms with Crippen molar-refractivity contribution in [2.24, 2.45) is 17.8 Å². The number of pyridine rings is 1. The highest BCUT2D eigenvalue weighted by atomic mass is 35.5. The Morgan fingerprint density at radius 3 is 2.45 bits per heavy atom. The second-order valence-corrected chi connectivity index (χ2v) is 18.1. The van der Waals surface area contributed by atoms with Crippen molar-refractivity contribution in [1.82, 2.24) is 9.88 Å². The number of hydrogen-bond donors (Lipinski definition) is 2. The number of ether oxygens (including phenoxy) is 5. The third-order valence-electron chi connectivity index (χ3n) is 13.5. The van der Waals surface area contributed by atoms with Crippen molar-refractivity contribution >= 4 is 23.3 Å². The van der Waals surface area contributed by atoms with E-state index in [4.69, 9.17) is 40.3 Å². The van der Waals surface area contributed by atoms with Crippen LogP contribution in [0.5, 0.6) is 17.2 Å². The van der Waals surface area contributed by atoms with Gasteiger partial charge in [-0.15, -0.1) is 0 Å². The predicted octanol–water partition coefficient (Wildman–Crippen LogP) is 8.96. The first kappa shape index (κ1) is 42.6. The summed E-state index contributed by atoms with van der Waals surface area (Å²) in [5, 5.41) is 14.8. The number of rotatable bonds is 18. The van der Waals surface area contributed by atoms with E-state index in [1.54, 1.807) is 14.2 Å². The van der Waals surface area contributed by atoms with Crippen molar-refractivity contribution < 1.29 is 33.6 Å². The molecule has 11 heteroatoms.